The van der Waals surface area contributed by atoms with Gasteiger partial charge in [0.2, 0.25) is 0 Å². The predicted octanol–water partition coefficient (Wildman–Crippen LogP) is 2.44. The van der Waals surface area contributed by atoms with Crippen molar-refractivity contribution in [3.63, 3.8) is 0 Å². The molecule has 1 unspecified atom stereocenters. The fourth-order valence-electron chi connectivity index (χ4n) is 2.08. The van der Waals surface area contributed by atoms with Gasteiger partial charge >= 0.3 is 0 Å². The van der Waals surface area contributed by atoms with Gasteiger partial charge in [-0.05, 0) is 36.3 Å². The fourth-order valence-corrected chi connectivity index (χ4v) is 3.03. The van der Waals surface area contributed by atoms with Gasteiger partial charge in [-0.15, -0.1) is 11.3 Å². The lowest BCUT2D eigenvalue weighted by Crippen LogP contribution is -2.34. The van der Waals surface area contributed by atoms with Crippen LogP contribution < -0.4 is 0 Å². The largest absolute Gasteiger partial charge is 0.322 e. The average molecular weight is 234 g/mol. The number of likely N-dealkylation sites (tertiary alicyclic amines) is 1. The Labute approximate surface area is 99.3 Å². The maximum Gasteiger partial charge on any atom is 0.265 e. The van der Waals surface area contributed by atoms with Gasteiger partial charge in [0.15, 0.2) is 0 Å². The van der Waals surface area contributed by atoms with Crippen LogP contribution in [0.3, 0.4) is 0 Å². The van der Waals surface area contributed by atoms with Crippen molar-refractivity contribution in [1.29, 1.82) is 5.26 Å². The van der Waals surface area contributed by atoms with Gasteiger partial charge in [-0.3, -0.25) is 4.79 Å². The molecule has 2 heterocycles. The van der Waals surface area contributed by atoms with E-state index < -0.39 is 0 Å². The summed E-state index contributed by atoms with van der Waals surface area (Å²) in [5.41, 5.74) is 1.10. The molecule has 4 heteroatoms. The summed E-state index contributed by atoms with van der Waals surface area (Å²) in [5, 5.41) is 10.9. The van der Waals surface area contributed by atoms with Crippen LogP contribution in [0.15, 0.2) is 11.4 Å². The monoisotopic (exact) mass is 234 g/mol. The molecule has 0 bridgehead atoms. The van der Waals surface area contributed by atoms with Gasteiger partial charge in [-0.1, -0.05) is 6.92 Å². The topological polar surface area (TPSA) is 44.1 Å². The highest BCUT2D eigenvalue weighted by Gasteiger charge is 2.30. The first-order valence-corrected chi connectivity index (χ1v) is 6.42. The van der Waals surface area contributed by atoms with Crippen molar-refractivity contribution in [3.05, 3.63) is 21.9 Å². The maximum absolute atomic E-state index is 12.2. The Kier molecular flexibility index (Phi) is 3.25. The van der Waals surface area contributed by atoms with E-state index in [2.05, 4.69) is 6.07 Å². The molecule has 0 radical (unpaired) electrons. The third-order valence-electron chi connectivity index (χ3n) is 2.98. The van der Waals surface area contributed by atoms with Gasteiger partial charge < -0.3 is 4.90 Å². The van der Waals surface area contributed by atoms with Crippen molar-refractivity contribution in [1.82, 2.24) is 4.90 Å². The lowest BCUT2D eigenvalue weighted by molar-refractivity contribution is 0.0769. The Morgan fingerprint density at radius 3 is 3.25 bits per heavy atom. The number of rotatable bonds is 2. The summed E-state index contributed by atoms with van der Waals surface area (Å²) < 4.78 is 0. The number of carbonyl (C=O) groups is 1. The van der Waals surface area contributed by atoms with Crippen LogP contribution in [0.5, 0.6) is 0 Å². The number of carbonyl (C=O) groups excluding carboxylic acids is 1. The Bertz CT molecular complexity index is 432. The normalized spacial score (nSPS) is 19.8. The summed E-state index contributed by atoms with van der Waals surface area (Å²) in [6, 6.07) is 3.98. The van der Waals surface area contributed by atoms with Crippen LogP contribution in [0.4, 0.5) is 0 Å². The molecular formula is C12H14N2OS. The summed E-state index contributed by atoms with van der Waals surface area (Å²) in [7, 11) is 0. The fraction of sp³-hybridized carbons (Fsp3) is 0.500. The van der Waals surface area contributed by atoms with Crippen LogP contribution in [-0.2, 0) is 6.42 Å². The van der Waals surface area contributed by atoms with Gasteiger partial charge in [0.1, 0.15) is 6.04 Å². The Morgan fingerprint density at radius 1 is 1.75 bits per heavy atom. The molecule has 1 aromatic heterocycles. The van der Waals surface area contributed by atoms with Crippen molar-refractivity contribution in [2.45, 2.75) is 32.2 Å². The maximum atomic E-state index is 12.2. The molecule has 16 heavy (non-hydrogen) atoms. The van der Waals surface area contributed by atoms with E-state index in [1.165, 1.54) is 11.3 Å². The van der Waals surface area contributed by atoms with Gasteiger partial charge in [-0.25, -0.2) is 0 Å². The lowest BCUT2D eigenvalue weighted by Gasteiger charge is -2.19. The second kappa shape index (κ2) is 4.67. The highest BCUT2D eigenvalue weighted by molar-refractivity contribution is 7.12. The van der Waals surface area contributed by atoms with E-state index >= 15 is 0 Å². The van der Waals surface area contributed by atoms with Crippen molar-refractivity contribution >= 4 is 17.2 Å². The van der Waals surface area contributed by atoms with Crippen LogP contribution in [0.1, 0.15) is 35.0 Å². The third kappa shape index (κ3) is 1.83. The molecule has 1 aliphatic rings. The van der Waals surface area contributed by atoms with E-state index in [0.717, 1.165) is 36.2 Å². The number of hydrogen-bond acceptors (Lipinski definition) is 3. The molecule has 2 rings (SSSR count). The van der Waals surface area contributed by atoms with E-state index in [1.807, 2.05) is 18.4 Å². The Balaban J connectivity index is 2.22. The SMILES string of the molecule is CCc1ccsc1C(=O)N1CCCC1C#N. The molecule has 0 aromatic carbocycles. The van der Waals surface area contributed by atoms with Crippen LogP contribution in [0.25, 0.3) is 0 Å². The minimum Gasteiger partial charge on any atom is -0.322 e. The summed E-state index contributed by atoms with van der Waals surface area (Å²) in [4.78, 5) is 14.8. The van der Waals surface area contributed by atoms with Crippen LogP contribution in [0.2, 0.25) is 0 Å². The summed E-state index contributed by atoms with van der Waals surface area (Å²) in [5.74, 6) is 0.0379. The molecular weight excluding hydrogens is 220 g/mol. The van der Waals surface area contributed by atoms with E-state index in [9.17, 15) is 4.79 Å². The van der Waals surface area contributed by atoms with Crippen molar-refractivity contribution in [2.75, 3.05) is 6.54 Å². The zero-order chi connectivity index (χ0) is 11.5. The molecule has 1 saturated heterocycles. The molecule has 1 amide bonds. The first-order chi connectivity index (χ1) is 7.77. The van der Waals surface area contributed by atoms with E-state index in [1.54, 1.807) is 4.90 Å². The first-order valence-electron chi connectivity index (χ1n) is 5.55. The molecule has 0 aliphatic carbocycles. The Morgan fingerprint density at radius 2 is 2.56 bits per heavy atom. The minimum atomic E-state index is -0.223. The number of amides is 1. The zero-order valence-corrected chi connectivity index (χ0v) is 10.1. The van der Waals surface area contributed by atoms with E-state index in [4.69, 9.17) is 5.26 Å². The number of nitriles is 1. The van der Waals surface area contributed by atoms with Gasteiger partial charge in [0, 0.05) is 6.54 Å². The number of hydrogen-bond donors (Lipinski definition) is 0. The molecule has 1 atom stereocenters. The van der Waals surface area contributed by atoms with Crippen LogP contribution in [0, 0.1) is 11.3 Å². The van der Waals surface area contributed by atoms with E-state index in [0.29, 0.717) is 0 Å². The summed E-state index contributed by atoms with van der Waals surface area (Å²) in [6.07, 6.45) is 2.63. The number of aryl methyl sites for hydroxylation is 1. The molecule has 0 saturated carbocycles. The standard InChI is InChI=1S/C12H14N2OS/c1-2-9-5-7-16-11(9)12(15)14-6-3-4-10(14)8-13/h5,7,10H,2-4,6H2,1H3. The van der Waals surface area contributed by atoms with Gasteiger partial charge in [0.05, 0.1) is 10.9 Å². The van der Waals surface area contributed by atoms with Crippen molar-refractivity contribution < 1.29 is 4.79 Å². The zero-order valence-electron chi connectivity index (χ0n) is 9.27. The summed E-state index contributed by atoms with van der Waals surface area (Å²) >= 11 is 1.48. The third-order valence-corrected chi connectivity index (χ3v) is 3.93. The Hall–Kier alpha value is -1.34. The minimum absolute atomic E-state index is 0.0379. The second-order valence-electron chi connectivity index (χ2n) is 3.91. The molecule has 1 fully saturated rings. The average Bonchev–Trinajstić information content (AvgIpc) is 2.96. The lowest BCUT2D eigenvalue weighted by atomic mass is 10.2. The van der Waals surface area contributed by atoms with E-state index in [-0.39, 0.29) is 11.9 Å². The van der Waals surface area contributed by atoms with Crippen LogP contribution >= 0.6 is 11.3 Å². The molecule has 3 nitrogen and oxygen atoms in total. The van der Waals surface area contributed by atoms with Crippen LogP contribution in [-0.4, -0.2) is 23.4 Å². The second-order valence-corrected chi connectivity index (χ2v) is 4.83. The molecule has 1 aromatic rings. The molecule has 1 aliphatic heterocycles. The number of nitrogens with zero attached hydrogens (tertiary/aromatic N) is 2. The smallest absolute Gasteiger partial charge is 0.265 e. The highest BCUT2D eigenvalue weighted by atomic mass is 32.1. The molecule has 0 N–H and O–H groups in total. The first kappa shape index (κ1) is 11.2. The summed E-state index contributed by atoms with van der Waals surface area (Å²) in [6.45, 7) is 2.77. The van der Waals surface area contributed by atoms with Crippen molar-refractivity contribution in [2.24, 2.45) is 0 Å². The van der Waals surface area contributed by atoms with Crippen molar-refractivity contribution in [3.8, 4) is 6.07 Å². The quantitative estimate of drug-likeness (QED) is 0.789. The predicted molar refractivity (Wildman–Crippen MR) is 63.4 cm³/mol. The molecule has 84 valence electrons. The van der Waals surface area contributed by atoms with Gasteiger partial charge in [0.25, 0.3) is 5.91 Å². The molecule has 0 spiro atoms. The van der Waals surface area contributed by atoms with Gasteiger partial charge in [-0.2, -0.15) is 5.26 Å². The highest BCUT2D eigenvalue weighted by Crippen LogP contribution is 2.24. The number of thiophene rings is 1.